The molecule has 2 aliphatic rings. The number of rotatable bonds is 0. The Hall–Kier alpha value is 1.22. The maximum absolute atomic E-state index is 2.45. The van der Waals surface area contributed by atoms with Crippen molar-refractivity contribution in [3.05, 3.63) is 0 Å². The van der Waals surface area contributed by atoms with E-state index in [0.717, 1.165) is 11.8 Å². The van der Waals surface area contributed by atoms with Crippen LogP contribution in [0, 0.1) is 55.0 Å². The summed E-state index contributed by atoms with van der Waals surface area (Å²) in [5.74, 6) is 2.06. The zero-order valence-electron chi connectivity index (χ0n) is 12.9. The predicted molar refractivity (Wildman–Crippen MR) is 72.3 cm³/mol. The molecule has 0 radical (unpaired) electrons. The van der Waals surface area contributed by atoms with Crippen LogP contribution in [0.25, 0.3) is 0 Å². The van der Waals surface area contributed by atoms with Crippen LogP contribution in [-0.4, -0.2) is 25.0 Å². The molecule has 0 spiro atoms. The molecule has 16 heavy (non-hydrogen) atoms. The Labute approximate surface area is 134 Å². The molecule has 1 saturated heterocycles. The van der Waals surface area contributed by atoms with E-state index in [4.69, 9.17) is 0 Å². The molecular weight excluding hydrogens is 222 g/mol. The molecule has 0 aromatic rings. The van der Waals surface area contributed by atoms with Gasteiger partial charge in [0.1, 0.15) is 0 Å². The van der Waals surface area contributed by atoms with Crippen LogP contribution in [0.2, 0.25) is 0 Å². The van der Waals surface area contributed by atoms with Crippen molar-refractivity contribution in [2.75, 3.05) is 20.1 Å². The van der Waals surface area contributed by atoms with Crippen LogP contribution in [-0.2, 0) is 0 Å². The Balaban J connectivity index is -0.000000214. The normalized spacial score (nSPS) is 27.6. The summed E-state index contributed by atoms with van der Waals surface area (Å²) in [5.41, 5.74) is 0.701. The molecule has 1 saturated carbocycles. The van der Waals surface area contributed by atoms with Gasteiger partial charge in [-0.25, -0.2) is 0 Å². The van der Waals surface area contributed by atoms with Gasteiger partial charge in [-0.1, -0.05) is 55.4 Å². The molecule has 2 atom stereocenters. The van der Waals surface area contributed by atoms with Crippen molar-refractivity contribution < 1.29 is 37.7 Å². The van der Waals surface area contributed by atoms with Crippen LogP contribution in [0.15, 0.2) is 0 Å². The molecule has 0 aromatic heterocycles. The van der Waals surface area contributed by atoms with E-state index in [-0.39, 0.29) is 37.7 Å². The van der Waals surface area contributed by atoms with E-state index >= 15 is 0 Å². The van der Waals surface area contributed by atoms with Crippen LogP contribution in [0.5, 0.6) is 0 Å². The third-order valence-corrected chi connectivity index (χ3v) is 3.30. The van der Waals surface area contributed by atoms with Gasteiger partial charge in [0.05, 0.1) is 0 Å². The molecule has 0 aromatic carbocycles. The van der Waals surface area contributed by atoms with Crippen molar-refractivity contribution in [1.82, 2.24) is 4.90 Å². The maximum Gasteiger partial charge on any atom is 0.00153 e. The van der Waals surface area contributed by atoms with E-state index < -0.39 is 0 Å². The Morgan fingerprint density at radius 2 is 1.06 bits per heavy atom. The fourth-order valence-electron chi connectivity index (χ4n) is 2.33. The van der Waals surface area contributed by atoms with E-state index in [1.807, 2.05) is 41.5 Å². The third kappa shape index (κ3) is 5.71. The van der Waals surface area contributed by atoms with Gasteiger partial charge in [0, 0.05) is 50.8 Å². The summed E-state index contributed by atoms with van der Waals surface area (Å²) in [6.07, 6.45) is 0. The Morgan fingerprint density at radius 3 is 1.25 bits per heavy atom. The van der Waals surface area contributed by atoms with Gasteiger partial charge < -0.3 is 4.90 Å². The van der Waals surface area contributed by atoms with Crippen LogP contribution >= 0.6 is 0 Å². The van der Waals surface area contributed by atoms with E-state index in [1.54, 1.807) is 0 Å². The molecule has 2 fully saturated rings. The van der Waals surface area contributed by atoms with Crippen molar-refractivity contribution in [2.45, 2.75) is 55.4 Å². The number of hydrogen-bond donors (Lipinski definition) is 0. The molecular formula is C14H33ArN. The fourth-order valence-corrected chi connectivity index (χ4v) is 2.33. The summed E-state index contributed by atoms with van der Waals surface area (Å²) in [5, 5.41) is 0. The van der Waals surface area contributed by atoms with Crippen LogP contribution in [0.3, 0.4) is 0 Å². The van der Waals surface area contributed by atoms with Gasteiger partial charge >= 0.3 is 0 Å². The zero-order chi connectivity index (χ0) is 12.6. The largest absolute Gasteiger partial charge is 0.306 e. The number of fused-ring (bicyclic) bond motifs is 1. The van der Waals surface area contributed by atoms with Crippen molar-refractivity contribution in [3.8, 4) is 0 Å². The van der Waals surface area contributed by atoms with Gasteiger partial charge in [0.15, 0.2) is 0 Å². The van der Waals surface area contributed by atoms with Crippen molar-refractivity contribution >= 4 is 0 Å². The summed E-state index contributed by atoms with van der Waals surface area (Å²) in [4.78, 5) is 2.45. The monoisotopic (exact) mass is 255 g/mol. The van der Waals surface area contributed by atoms with Gasteiger partial charge in [0.25, 0.3) is 0 Å². The second kappa shape index (κ2) is 11.3. The Bertz CT molecular complexity index is 132. The maximum atomic E-state index is 2.45. The molecule has 1 heterocycles. The van der Waals surface area contributed by atoms with E-state index in [1.165, 1.54) is 13.1 Å². The SMILES string of the molecule is CC.CC.CC.CN1C[C@@H]2[C@H](C1)C2(C)C.[Ar]. The van der Waals surface area contributed by atoms with Gasteiger partial charge in [0.2, 0.25) is 0 Å². The standard InChI is InChI=1S/C8H15N.3C2H6.Ar/c1-8(2)6-4-9(3)5-7(6)8;3*1-2;/h6-7H,4-5H2,1-3H3;3*1-2H3;/t6-,7+;;;;. The summed E-state index contributed by atoms with van der Waals surface area (Å²) in [6, 6.07) is 0. The van der Waals surface area contributed by atoms with Gasteiger partial charge in [-0.3, -0.25) is 0 Å². The van der Waals surface area contributed by atoms with E-state index in [0.29, 0.717) is 5.41 Å². The summed E-state index contributed by atoms with van der Waals surface area (Å²) < 4.78 is 0. The number of piperidine rings is 1. The summed E-state index contributed by atoms with van der Waals surface area (Å²) in [6.45, 7) is 19.5. The topological polar surface area (TPSA) is 3.24 Å². The van der Waals surface area contributed by atoms with E-state index in [9.17, 15) is 0 Å². The minimum Gasteiger partial charge on any atom is -0.306 e. The number of likely N-dealkylation sites (tertiary alicyclic amines) is 1. The first-order valence-corrected chi connectivity index (χ1v) is 6.81. The summed E-state index contributed by atoms with van der Waals surface area (Å²) in [7, 11) is 2.22. The van der Waals surface area contributed by atoms with Gasteiger partial charge in [-0.2, -0.15) is 0 Å². The zero-order valence-corrected chi connectivity index (χ0v) is 13.6. The van der Waals surface area contributed by atoms with Crippen LogP contribution in [0.4, 0.5) is 0 Å². The first kappa shape index (κ1) is 22.4. The third-order valence-electron chi connectivity index (χ3n) is 3.30. The second-order valence-corrected chi connectivity index (χ2v) is 4.26. The van der Waals surface area contributed by atoms with Crippen molar-refractivity contribution in [2.24, 2.45) is 17.3 Å². The first-order valence-electron chi connectivity index (χ1n) is 6.81. The molecule has 0 amide bonds. The first-order chi connectivity index (χ1) is 7.12. The van der Waals surface area contributed by atoms with Gasteiger partial charge in [-0.05, 0) is 24.3 Å². The van der Waals surface area contributed by atoms with E-state index in [2.05, 4.69) is 25.8 Å². The second-order valence-electron chi connectivity index (χ2n) is 4.26. The molecule has 0 N–H and O–H groups in total. The van der Waals surface area contributed by atoms with Crippen molar-refractivity contribution in [3.63, 3.8) is 0 Å². The fraction of sp³-hybridized carbons (Fsp3) is 1.00. The Kier molecular flexibility index (Phi) is 15.8. The smallest absolute Gasteiger partial charge is 0.00153 e. The number of nitrogens with zero attached hydrogens (tertiary/aromatic N) is 1. The Morgan fingerprint density at radius 1 is 0.812 bits per heavy atom. The molecule has 102 valence electrons. The average molecular weight is 255 g/mol. The minimum atomic E-state index is 0. The molecule has 2 rings (SSSR count). The number of hydrogen-bond acceptors (Lipinski definition) is 1. The molecule has 0 bridgehead atoms. The van der Waals surface area contributed by atoms with Crippen LogP contribution < -0.4 is 0 Å². The predicted octanol–water partition coefficient (Wildman–Crippen LogP) is 4.28. The van der Waals surface area contributed by atoms with Crippen molar-refractivity contribution in [1.29, 1.82) is 0 Å². The molecule has 1 aliphatic heterocycles. The molecule has 1 nitrogen and oxygen atoms in total. The van der Waals surface area contributed by atoms with Gasteiger partial charge in [-0.15, -0.1) is 0 Å². The summed E-state index contributed by atoms with van der Waals surface area (Å²) >= 11 is 0. The molecule has 0 unspecified atom stereocenters. The molecule has 1 aliphatic carbocycles. The molecule has 2 heteroatoms. The minimum absolute atomic E-state index is 0. The van der Waals surface area contributed by atoms with Crippen LogP contribution in [0.1, 0.15) is 55.4 Å². The quantitative estimate of drug-likeness (QED) is 0.624. The average Bonchev–Trinajstić information content (AvgIpc) is 2.66.